The van der Waals surface area contributed by atoms with Gasteiger partial charge in [-0.3, -0.25) is 15.1 Å². The second-order valence-corrected chi connectivity index (χ2v) is 7.65. The highest BCUT2D eigenvalue weighted by Crippen LogP contribution is 2.34. The Morgan fingerprint density at radius 2 is 1.69 bits per heavy atom. The van der Waals surface area contributed by atoms with Crippen molar-refractivity contribution in [1.29, 1.82) is 0 Å². The Morgan fingerprint density at radius 1 is 0.781 bits per heavy atom. The van der Waals surface area contributed by atoms with Crippen LogP contribution in [0, 0.1) is 5.82 Å². The molecule has 0 amide bonds. The average molecular weight is 420 g/mol. The van der Waals surface area contributed by atoms with Crippen molar-refractivity contribution in [1.82, 2.24) is 25.1 Å². The van der Waals surface area contributed by atoms with Gasteiger partial charge in [-0.1, -0.05) is 18.2 Å². The predicted molar refractivity (Wildman–Crippen MR) is 124 cm³/mol. The zero-order valence-electron chi connectivity index (χ0n) is 16.8. The number of H-pyrrole nitrogens is 2. The number of pyridine rings is 2. The van der Waals surface area contributed by atoms with Crippen molar-refractivity contribution in [2.45, 2.75) is 0 Å². The highest BCUT2D eigenvalue weighted by molar-refractivity contribution is 6.00. The highest BCUT2D eigenvalue weighted by Gasteiger charge is 2.15. The van der Waals surface area contributed by atoms with Gasteiger partial charge in [-0.2, -0.15) is 5.10 Å². The van der Waals surface area contributed by atoms with Crippen LogP contribution < -0.4 is 5.73 Å². The molecule has 0 bridgehead atoms. The topological polar surface area (TPSA) is 96.3 Å². The van der Waals surface area contributed by atoms with E-state index in [1.165, 1.54) is 12.1 Å². The largest absolute Gasteiger partial charge is 0.397 e. The number of nitrogens with one attached hydrogen (secondary N) is 2. The van der Waals surface area contributed by atoms with E-state index in [-0.39, 0.29) is 5.82 Å². The van der Waals surface area contributed by atoms with E-state index in [9.17, 15) is 4.39 Å². The molecule has 4 aromatic heterocycles. The van der Waals surface area contributed by atoms with Crippen molar-refractivity contribution < 1.29 is 4.39 Å². The maximum Gasteiger partial charge on any atom is 0.123 e. The number of rotatable bonds is 3. The number of benzene rings is 2. The average Bonchev–Trinajstić information content (AvgIpc) is 3.42. The Bertz CT molecular complexity index is 1610. The molecule has 0 aliphatic rings. The Balaban J connectivity index is 1.51. The maximum atomic E-state index is 13.8. The first-order valence-electron chi connectivity index (χ1n) is 10.1. The predicted octanol–water partition coefficient (Wildman–Crippen LogP) is 5.56. The lowest BCUT2D eigenvalue weighted by Crippen LogP contribution is -1.87. The molecule has 154 valence electrons. The van der Waals surface area contributed by atoms with Crippen LogP contribution in [0.2, 0.25) is 0 Å². The van der Waals surface area contributed by atoms with Crippen LogP contribution in [0.4, 0.5) is 10.1 Å². The molecule has 0 atom stereocenters. The Labute approximate surface area is 182 Å². The minimum Gasteiger partial charge on any atom is -0.397 e. The van der Waals surface area contributed by atoms with Crippen LogP contribution in [0.15, 0.2) is 79.3 Å². The summed E-state index contributed by atoms with van der Waals surface area (Å²) < 4.78 is 13.8. The van der Waals surface area contributed by atoms with E-state index >= 15 is 0 Å². The second-order valence-electron chi connectivity index (χ2n) is 7.65. The molecule has 0 saturated heterocycles. The molecule has 4 N–H and O–H groups in total. The van der Waals surface area contributed by atoms with Gasteiger partial charge in [0.25, 0.3) is 0 Å². The Hall–Kier alpha value is -4.52. The SMILES string of the molecule is Nc1cncc(-c2ccc3[nH]nc(-c4cc5c(-c6cccc(F)c6)nccc5[nH]4)c3c2)c1. The minimum atomic E-state index is -0.293. The standard InChI is InChI=1S/C25H17FN6/c26-17-3-1-2-15(8-17)24-20-11-23(30-21(20)6-7-29-24)25-19-10-14(4-5-22(19)31-32-25)16-9-18(27)13-28-12-16/h1-13,30H,27H2,(H,31,32). The monoisotopic (exact) mass is 420 g/mol. The van der Waals surface area contributed by atoms with Gasteiger partial charge in [0.15, 0.2) is 0 Å². The number of fused-ring (bicyclic) bond motifs is 2. The number of aromatic amines is 2. The second kappa shape index (κ2) is 7.02. The molecule has 0 aliphatic heterocycles. The van der Waals surface area contributed by atoms with Crippen molar-refractivity contribution in [2.24, 2.45) is 0 Å². The highest BCUT2D eigenvalue weighted by atomic mass is 19.1. The number of nitrogens with two attached hydrogens (primary N) is 1. The van der Waals surface area contributed by atoms with Crippen molar-refractivity contribution in [3.8, 4) is 33.8 Å². The fourth-order valence-electron chi connectivity index (χ4n) is 4.06. The van der Waals surface area contributed by atoms with E-state index in [0.717, 1.165) is 55.6 Å². The molecule has 6 nitrogen and oxygen atoms in total. The number of aromatic nitrogens is 5. The molecular weight excluding hydrogens is 403 g/mol. The molecule has 0 fully saturated rings. The van der Waals surface area contributed by atoms with Crippen molar-refractivity contribution in [3.05, 3.63) is 85.1 Å². The summed E-state index contributed by atoms with van der Waals surface area (Å²) in [5.41, 5.74) is 13.4. The summed E-state index contributed by atoms with van der Waals surface area (Å²) in [7, 11) is 0. The summed E-state index contributed by atoms with van der Waals surface area (Å²) in [4.78, 5) is 12.1. The lowest BCUT2D eigenvalue weighted by molar-refractivity contribution is 0.628. The fourth-order valence-corrected chi connectivity index (χ4v) is 4.06. The van der Waals surface area contributed by atoms with Gasteiger partial charge in [0.1, 0.15) is 11.5 Å². The Kier molecular flexibility index (Phi) is 4.01. The van der Waals surface area contributed by atoms with Gasteiger partial charge < -0.3 is 10.7 Å². The van der Waals surface area contributed by atoms with Gasteiger partial charge in [0.05, 0.1) is 22.6 Å². The first-order chi connectivity index (χ1) is 15.7. The van der Waals surface area contributed by atoms with Gasteiger partial charge in [-0.15, -0.1) is 0 Å². The Morgan fingerprint density at radius 3 is 2.56 bits per heavy atom. The van der Waals surface area contributed by atoms with Gasteiger partial charge in [-0.05, 0) is 48.0 Å². The fraction of sp³-hybridized carbons (Fsp3) is 0. The van der Waals surface area contributed by atoms with Gasteiger partial charge >= 0.3 is 0 Å². The third kappa shape index (κ3) is 2.99. The number of hydrogen-bond acceptors (Lipinski definition) is 4. The number of anilines is 1. The van der Waals surface area contributed by atoms with E-state index in [1.807, 2.05) is 36.4 Å². The molecule has 2 aromatic carbocycles. The van der Waals surface area contributed by atoms with Gasteiger partial charge in [0, 0.05) is 46.0 Å². The van der Waals surface area contributed by atoms with Crippen molar-refractivity contribution in [2.75, 3.05) is 5.73 Å². The third-order valence-electron chi connectivity index (χ3n) is 5.56. The summed E-state index contributed by atoms with van der Waals surface area (Å²) in [5.74, 6) is -0.293. The molecule has 32 heavy (non-hydrogen) atoms. The number of halogens is 1. The van der Waals surface area contributed by atoms with E-state index in [1.54, 1.807) is 24.7 Å². The van der Waals surface area contributed by atoms with Crippen LogP contribution in [0.3, 0.4) is 0 Å². The molecule has 0 unspecified atom stereocenters. The van der Waals surface area contributed by atoms with Crippen LogP contribution in [0.1, 0.15) is 0 Å². The summed E-state index contributed by atoms with van der Waals surface area (Å²) in [6.45, 7) is 0. The molecule has 0 aliphatic carbocycles. The quantitative estimate of drug-likeness (QED) is 0.349. The molecular formula is C25H17FN6. The van der Waals surface area contributed by atoms with Crippen LogP contribution in [0.25, 0.3) is 55.6 Å². The molecule has 7 heteroatoms. The summed E-state index contributed by atoms with van der Waals surface area (Å²) in [6.07, 6.45) is 5.13. The molecule has 6 rings (SSSR count). The first kappa shape index (κ1) is 18.3. The van der Waals surface area contributed by atoms with E-state index in [0.29, 0.717) is 5.69 Å². The van der Waals surface area contributed by atoms with Gasteiger partial charge in [-0.25, -0.2) is 4.39 Å². The minimum absolute atomic E-state index is 0.293. The first-order valence-corrected chi connectivity index (χ1v) is 10.1. The summed E-state index contributed by atoms with van der Waals surface area (Å²) in [6, 6.07) is 18.3. The number of nitrogen functional groups attached to an aromatic ring is 1. The zero-order valence-corrected chi connectivity index (χ0v) is 16.8. The number of nitrogens with zero attached hydrogens (tertiary/aromatic N) is 3. The van der Waals surface area contributed by atoms with Crippen LogP contribution in [0.5, 0.6) is 0 Å². The number of hydrogen-bond donors (Lipinski definition) is 3. The van der Waals surface area contributed by atoms with E-state index < -0.39 is 0 Å². The molecule has 4 heterocycles. The lowest BCUT2D eigenvalue weighted by Gasteiger charge is -2.03. The van der Waals surface area contributed by atoms with Crippen LogP contribution in [-0.4, -0.2) is 25.1 Å². The molecule has 0 saturated carbocycles. The van der Waals surface area contributed by atoms with Crippen LogP contribution >= 0.6 is 0 Å². The lowest BCUT2D eigenvalue weighted by atomic mass is 10.0. The normalized spacial score (nSPS) is 11.4. The summed E-state index contributed by atoms with van der Waals surface area (Å²) >= 11 is 0. The molecule has 6 aromatic rings. The van der Waals surface area contributed by atoms with Crippen LogP contribution in [-0.2, 0) is 0 Å². The van der Waals surface area contributed by atoms with Crippen molar-refractivity contribution >= 4 is 27.5 Å². The van der Waals surface area contributed by atoms with Gasteiger partial charge in [0.2, 0.25) is 0 Å². The smallest absolute Gasteiger partial charge is 0.123 e. The maximum absolute atomic E-state index is 13.8. The van der Waals surface area contributed by atoms with E-state index in [4.69, 9.17) is 5.73 Å². The molecule has 0 spiro atoms. The third-order valence-corrected chi connectivity index (χ3v) is 5.56. The zero-order chi connectivity index (χ0) is 21.7. The van der Waals surface area contributed by atoms with E-state index in [2.05, 4.69) is 31.2 Å². The molecule has 0 radical (unpaired) electrons. The van der Waals surface area contributed by atoms with Crippen molar-refractivity contribution in [3.63, 3.8) is 0 Å². The summed E-state index contributed by atoms with van der Waals surface area (Å²) in [5, 5.41) is 9.52.